The van der Waals surface area contributed by atoms with Crippen LogP contribution in [0.5, 0.6) is 0 Å². The molecule has 0 radical (unpaired) electrons. The highest BCUT2D eigenvalue weighted by Gasteiger charge is 2.21. The summed E-state index contributed by atoms with van der Waals surface area (Å²) in [6.07, 6.45) is 1.33. The summed E-state index contributed by atoms with van der Waals surface area (Å²) in [5, 5.41) is 15.9. The minimum Gasteiger partial charge on any atom is -0.480 e. The Morgan fingerprint density at radius 3 is 2.74 bits per heavy atom. The van der Waals surface area contributed by atoms with Crippen molar-refractivity contribution < 1.29 is 19.4 Å². The molecule has 0 aliphatic rings. The van der Waals surface area contributed by atoms with Crippen LogP contribution in [0.4, 0.5) is 0 Å². The quantitative estimate of drug-likeness (QED) is 0.740. The molecule has 1 amide bonds. The zero-order chi connectivity index (χ0) is 14.4. The van der Waals surface area contributed by atoms with Gasteiger partial charge in [-0.1, -0.05) is 5.21 Å². The second-order valence-electron chi connectivity index (χ2n) is 4.28. The first kappa shape index (κ1) is 15.1. The van der Waals surface area contributed by atoms with Crippen molar-refractivity contribution in [1.29, 1.82) is 0 Å². The number of nitrogens with zero attached hydrogens (tertiary/aromatic N) is 4. The molecule has 8 heteroatoms. The number of rotatable bonds is 7. The molecule has 0 unspecified atom stereocenters. The Kier molecular flexibility index (Phi) is 5.43. The first-order valence-corrected chi connectivity index (χ1v) is 5.87. The Morgan fingerprint density at radius 2 is 2.21 bits per heavy atom. The van der Waals surface area contributed by atoms with E-state index in [2.05, 4.69) is 10.3 Å². The van der Waals surface area contributed by atoms with E-state index in [0.29, 0.717) is 13.2 Å². The Labute approximate surface area is 111 Å². The molecule has 19 heavy (non-hydrogen) atoms. The van der Waals surface area contributed by atoms with Crippen molar-refractivity contribution in [3.8, 4) is 0 Å². The maximum Gasteiger partial charge on any atom is 0.325 e. The zero-order valence-corrected chi connectivity index (χ0v) is 11.2. The average molecular weight is 270 g/mol. The van der Waals surface area contributed by atoms with Crippen LogP contribution in [0.2, 0.25) is 0 Å². The predicted octanol–water partition coefficient (Wildman–Crippen LogP) is -0.140. The van der Waals surface area contributed by atoms with Gasteiger partial charge < -0.3 is 14.7 Å². The number of hydrogen-bond acceptors (Lipinski definition) is 5. The lowest BCUT2D eigenvalue weighted by Crippen LogP contribution is -2.39. The van der Waals surface area contributed by atoms with Gasteiger partial charge in [-0.05, 0) is 13.8 Å². The summed E-state index contributed by atoms with van der Waals surface area (Å²) >= 11 is 0. The molecule has 0 atom stereocenters. The normalized spacial score (nSPS) is 10.7. The van der Waals surface area contributed by atoms with Gasteiger partial charge in [0.05, 0.1) is 12.8 Å². The van der Waals surface area contributed by atoms with Gasteiger partial charge in [0.2, 0.25) is 0 Å². The van der Waals surface area contributed by atoms with Gasteiger partial charge in [0, 0.05) is 19.7 Å². The number of carboxylic acids is 1. The lowest BCUT2D eigenvalue weighted by Gasteiger charge is -2.25. The van der Waals surface area contributed by atoms with Crippen molar-refractivity contribution in [3.05, 3.63) is 11.9 Å². The summed E-state index contributed by atoms with van der Waals surface area (Å²) in [7, 11) is 1.56. The average Bonchev–Trinajstić information content (AvgIpc) is 2.76. The SMILES string of the molecule is COCCN(C(=O)c1cn(CC(=O)O)nn1)C(C)C. The van der Waals surface area contributed by atoms with Gasteiger partial charge in [-0.3, -0.25) is 9.59 Å². The topological polar surface area (TPSA) is 97.5 Å². The van der Waals surface area contributed by atoms with Gasteiger partial charge in [0.15, 0.2) is 5.69 Å². The molecule has 0 aromatic carbocycles. The van der Waals surface area contributed by atoms with Gasteiger partial charge >= 0.3 is 5.97 Å². The Hall–Kier alpha value is -1.96. The van der Waals surface area contributed by atoms with E-state index in [1.807, 2.05) is 13.8 Å². The predicted molar refractivity (Wildman–Crippen MR) is 65.7 cm³/mol. The highest BCUT2D eigenvalue weighted by Crippen LogP contribution is 2.05. The summed E-state index contributed by atoms with van der Waals surface area (Å²) in [4.78, 5) is 24.3. The van der Waals surface area contributed by atoms with Gasteiger partial charge in [0.1, 0.15) is 6.54 Å². The largest absolute Gasteiger partial charge is 0.480 e. The molecule has 0 spiro atoms. The lowest BCUT2D eigenvalue weighted by molar-refractivity contribution is -0.137. The first-order chi connectivity index (χ1) is 8.95. The third-order valence-electron chi connectivity index (χ3n) is 2.48. The Balaban J connectivity index is 2.78. The van der Waals surface area contributed by atoms with Crippen LogP contribution in [-0.2, 0) is 16.1 Å². The number of carbonyl (C=O) groups excluding carboxylic acids is 1. The van der Waals surface area contributed by atoms with Crippen LogP contribution in [0, 0.1) is 0 Å². The second-order valence-corrected chi connectivity index (χ2v) is 4.28. The third-order valence-corrected chi connectivity index (χ3v) is 2.48. The number of methoxy groups -OCH3 is 1. The van der Waals surface area contributed by atoms with Crippen LogP contribution < -0.4 is 0 Å². The minimum atomic E-state index is -1.04. The molecule has 0 bridgehead atoms. The van der Waals surface area contributed by atoms with E-state index in [0.717, 1.165) is 4.68 Å². The van der Waals surface area contributed by atoms with E-state index in [1.54, 1.807) is 12.0 Å². The molecular formula is C11H18N4O4. The number of carbonyl (C=O) groups is 2. The Bertz CT molecular complexity index is 444. The molecule has 106 valence electrons. The number of hydrogen-bond donors (Lipinski definition) is 1. The van der Waals surface area contributed by atoms with E-state index >= 15 is 0 Å². The van der Waals surface area contributed by atoms with Crippen LogP contribution in [0.1, 0.15) is 24.3 Å². The minimum absolute atomic E-state index is 0.00715. The van der Waals surface area contributed by atoms with E-state index in [-0.39, 0.29) is 24.2 Å². The van der Waals surface area contributed by atoms with Crippen LogP contribution in [-0.4, -0.2) is 63.2 Å². The summed E-state index contributed by atoms with van der Waals surface area (Å²) in [5.41, 5.74) is 0.131. The van der Waals surface area contributed by atoms with Gasteiger partial charge in [-0.15, -0.1) is 5.10 Å². The summed E-state index contributed by atoms with van der Waals surface area (Å²) in [6, 6.07) is -0.00715. The van der Waals surface area contributed by atoms with Crippen LogP contribution in [0.25, 0.3) is 0 Å². The van der Waals surface area contributed by atoms with Gasteiger partial charge in [-0.25, -0.2) is 4.68 Å². The molecule has 0 fully saturated rings. The summed E-state index contributed by atoms with van der Waals surface area (Å²) < 4.78 is 6.07. The molecular weight excluding hydrogens is 252 g/mol. The van der Waals surface area contributed by atoms with E-state index < -0.39 is 5.97 Å². The highest BCUT2D eigenvalue weighted by atomic mass is 16.5. The monoisotopic (exact) mass is 270 g/mol. The fraction of sp³-hybridized carbons (Fsp3) is 0.636. The molecule has 1 heterocycles. The Morgan fingerprint density at radius 1 is 1.53 bits per heavy atom. The summed E-state index contributed by atoms with van der Waals surface area (Å²) in [5.74, 6) is -1.33. The molecule has 1 aromatic heterocycles. The van der Waals surface area contributed by atoms with E-state index in [4.69, 9.17) is 9.84 Å². The van der Waals surface area contributed by atoms with Crippen LogP contribution in [0.3, 0.4) is 0 Å². The zero-order valence-electron chi connectivity index (χ0n) is 11.2. The molecule has 0 saturated heterocycles. The fourth-order valence-electron chi connectivity index (χ4n) is 1.54. The van der Waals surface area contributed by atoms with Crippen molar-refractivity contribution in [1.82, 2.24) is 19.9 Å². The van der Waals surface area contributed by atoms with E-state index in [1.165, 1.54) is 6.20 Å². The number of carboxylic acid groups (broad SMARTS) is 1. The second kappa shape index (κ2) is 6.83. The van der Waals surface area contributed by atoms with Crippen molar-refractivity contribution in [2.45, 2.75) is 26.4 Å². The van der Waals surface area contributed by atoms with Gasteiger partial charge in [-0.2, -0.15) is 0 Å². The van der Waals surface area contributed by atoms with Crippen molar-refractivity contribution in [2.24, 2.45) is 0 Å². The maximum atomic E-state index is 12.2. The number of aliphatic carboxylic acids is 1. The smallest absolute Gasteiger partial charge is 0.325 e. The van der Waals surface area contributed by atoms with Crippen LogP contribution >= 0.6 is 0 Å². The molecule has 1 aromatic rings. The van der Waals surface area contributed by atoms with Gasteiger partial charge in [0.25, 0.3) is 5.91 Å². The fourth-order valence-corrected chi connectivity index (χ4v) is 1.54. The highest BCUT2D eigenvalue weighted by molar-refractivity contribution is 5.92. The molecule has 0 saturated carbocycles. The number of ether oxygens (including phenoxy) is 1. The van der Waals surface area contributed by atoms with Crippen LogP contribution in [0.15, 0.2) is 6.20 Å². The molecule has 1 N–H and O–H groups in total. The lowest BCUT2D eigenvalue weighted by atomic mass is 10.3. The molecule has 8 nitrogen and oxygen atoms in total. The summed E-state index contributed by atoms with van der Waals surface area (Å²) in [6.45, 7) is 4.32. The third kappa shape index (κ3) is 4.32. The maximum absolute atomic E-state index is 12.2. The first-order valence-electron chi connectivity index (χ1n) is 5.87. The molecule has 0 aliphatic heterocycles. The van der Waals surface area contributed by atoms with Crippen molar-refractivity contribution in [3.63, 3.8) is 0 Å². The number of amides is 1. The van der Waals surface area contributed by atoms with E-state index in [9.17, 15) is 9.59 Å². The number of aromatic nitrogens is 3. The van der Waals surface area contributed by atoms with Crippen molar-refractivity contribution >= 4 is 11.9 Å². The molecule has 0 aliphatic carbocycles. The van der Waals surface area contributed by atoms with Crippen molar-refractivity contribution in [2.75, 3.05) is 20.3 Å². The standard InChI is InChI=1S/C11H18N4O4/c1-8(2)15(4-5-19-3)11(18)9-6-14(13-12-9)7-10(16)17/h6,8H,4-5,7H2,1-3H3,(H,16,17). The molecule has 1 rings (SSSR count).